The highest BCUT2D eigenvalue weighted by Crippen LogP contribution is 2.36. The van der Waals surface area contributed by atoms with Crippen LogP contribution in [-0.2, 0) is 28.8 Å². The number of thioether (sulfide) groups is 1. The lowest BCUT2D eigenvalue weighted by Crippen LogP contribution is -2.59. The highest BCUT2D eigenvalue weighted by Gasteiger charge is 2.50. The van der Waals surface area contributed by atoms with Gasteiger partial charge in [0.15, 0.2) is 5.78 Å². The summed E-state index contributed by atoms with van der Waals surface area (Å²) in [4.78, 5) is 117. The van der Waals surface area contributed by atoms with Gasteiger partial charge in [0.2, 0.25) is 29.5 Å². The van der Waals surface area contributed by atoms with E-state index in [-0.39, 0.29) is 69.6 Å². The van der Waals surface area contributed by atoms with Gasteiger partial charge in [0.25, 0.3) is 5.91 Å². The molecular weight excluding hydrogens is 1260 g/mol. The molecule has 2 aliphatic carbocycles. The van der Waals surface area contributed by atoms with Crippen molar-refractivity contribution in [2.75, 3.05) is 64.8 Å². The van der Waals surface area contributed by atoms with Gasteiger partial charge >= 0.3 is 0 Å². The molecule has 6 amide bonds. The fourth-order valence-corrected chi connectivity index (χ4v) is 15.3. The zero-order valence-electron chi connectivity index (χ0n) is 58.4. The van der Waals surface area contributed by atoms with Crippen LogP contribution in [0, 0.1) is 23.7 Å². The topological polar surface area (TPSA) is 332 Å². The van der Waals surface area contributed by atoms with Crippen molar-refractivity contribution in [1.82, 2.24) is 35.6 Å². The predicted molar refractivity (Wildman–Crippen MR) is 378 cm³/mol. The van der Waals surface area contributed by atoms with Crippen molar-refractivity contribution in [2.45, 2.75) is 217 Å². The zero-order chi connectivity index (χ0) is 70.9. The average Bonchev–Trinajstić information content (AvgIpc) is 1.40. The third-order valence-electron chi connectivity index (χ3n) is 20.5. The average molecular weight is 1370 g/mol. The molecule has 2 aromatic carbocycles. The van der Waals surface area contributed by atoms with Gasteiger partial charge in [-0.15, -0.1) is 0 Å². The highest BCUT2D eigenvalue weighted by atomic mass is 32.2. The number of aliphatic hydroxyl groups excluding tert-OH is 6. The molecule has 0 bridgehead atoms. The number of hydrogen-bond donors (Lipinski definition) is 10. The van der Waals surface area contributed by atoms with Gasteiger partial charge in [-0.1, -0.05) is 102 Å². The Morgan fingerprint density at radius 1 is 0.773 bits per heavy atom. The number of carbonyl (C=O) groups excluding carboxylic acids is 7. The summed E-state index contributed by atoms with van der Waals surface area (Å²) < 4.78 is 0. The smallest absolute Gasteiger partial charge is 0.254 e. The van der Waals surface area contributed by atoms with Gasteiger partial charge in [0, 0.05) is 112 Å². The minimum Gasteiger partial charge on any atom is -0.393 e. The molecular formula is C73H110N10O13S. The molecule has 0 aromatic heterocycles. The van der Waals surface area contributed by atoms with Gasteiger partial charge in [-0.2, -0.15) is 0 Å². The molecule has 1 saturated carbocycles. The van der Waals surface area contributed by atoms with E-state index in [0.29, 0.717) is 29.4 Å². The monoisotopic (exact) mass is 1370 g/mol. The first-order valence-electron chi connectivity index (χ1n) is 35.3. The highest BCUT2D eigenvalue weighted by molar-refractivity contribution is 8.22. The Bertz CT molecular complexity index is 3100. The fraction of sp³-hybridized carbons (Fsp3) is 0.644. The van der Waals surface area contributed by atoms with E-state index in [1.165, 1.54) is 86.1 Å². The van der Waals surface area contributed by atoms with E-state index in [9.17, 15) is 54.6 Å². The summed E-state index contributed by atoms with van der Waals surface area (Å²) in [7, 11) is 2.84. The van der Waals surface area contributed by atoms with Crippen molar-refractivity contribution in [2.24, 2.45) is 34.4 Å². The molecule has 536 valence electrons. The van der Waals surface area contributed by atoms with Crippen LogP contribution in [0.25, 0.3) is 4.91 Å². The Balaban J connectivity index is 1.07. The summed E-state index contributed by atoms with van der Waals surface area (Å²) in [5, 5.41) is 74.6. The number of allylic oxidation sites excluding steroid dienone is 2. The number of nitrogens with two attached hydrogens (primary N) is 1. The molecule has 24 heteroatoms. The summed E-state index contributed by atoms with van der Waals surface area (Å²) in [5.41, 5.74) is 9.53. The summed E-state index contributed by atoms with van der Waals surface area (Å²) in [6.07, 6.45) is 3.47. The first kappa shape index (κ1) is 78.0. The molecule has 2 aromatic rings. The number of amides is 6. The van der Waals surface area contributed by atoms with E-state index in [1.807, 2.05) is 6.92 Å². The van der Waals surface area contributed by atoms with Crippen molar-refractivity contribution >= 4 is 68.6 Å². The van der Waals surface area contributed by atoms with Crippen molar-refractivity contribution in [3.05, 3.63) is 95.6 Å². The molecule has 0 spiro atoms. The number of likely N-dealkylation sites (N-methyl/N-ethyl adjacent to an activating group) is 2. The van der Waals surface area contributed by atoms with E-state index >= 15 is 9.59 Å². The van der Waals surface area contributed by atoms with Gasteiger partial charge in [0.1, 0.15) is 41.4 Å². The van der Waals surface area contributed by atoms with Crippen LogP contribution >= 0.6 is 11.8 Å². The number of hydrogen-bond acceptors (Lipinski definition) is 18. The van der Waals surface area contributed by atoms with E-state index in [2.05, 4.69) is 77.4 Å². The number of likely N-dealkylation sites (tertiary alicyclic amines) is 2. The number of nitrogens with one attached hydrogen (secondary N) is 3. The van der Waals surface area contributed by atoms with Crippen LogP contribution in [-0.4, -0.2) is 235 Å². The van der Waals surface area contributed by atoms with Crippen molar-refractivity contribution in [3.8, 4) is 0 Å². The van der Waals surface area contributed by atoms with E-state index < -0.39 is 132 Å². The fourth-order valence-electron chi connectivity index (χ4n) is 14.3. The molecule has 0 radical (unpaired) electrons. The summed E-state index contributed by atoms with van der Waals surface area (Å²) in [6, 6.07) is 9.50. The number of rotatable bonds is 31. The number of benzene rings is 2. The lowest BCUT2D eigenvalue weighted by Gasteiger charge is -2.42. The van der Waals surface area contributed by atoms with Crippen LogP contribution in [0.1, 0.15) is 160 Å². The number of aliphatic imine (C=N–C) groups is 1. The van der Waals surface area contributed by atoms with Crippen molar-refractivity contribution in [1.29, 1.82) is 0 Å². The number of β-amino-alcohol motifs (C(OH)–C–C–N with tert-alkyl or cyclic N) is 1. The Morgan fingerprint density at radius 3 is 2.02 bits per heavy atom. The maximum absolute atomic E-state index is 15.3. The van der Waals surface area contributed by atoms with E-state index in [4.69, 9.17) is 10.7 Å². The SMILES string of the molecule is C=C(SC(=NC(C)CC)c1ccc(N2CCN(C3CCC(C)CC3)CC2)cc1)c1ccc(C(=O)N(C)C(C[C@@H](O)CCC)C(=O)C(CC)[C@H](C(=O)N2CC(O)C[C@H]2C(=O)N[C@@H](CCC2=C[C@H](O)C(O)C=C2)C(=O)N[C@@H](CCCN)C(=O)N2CC(C)[C@H](O)[C@H]2C(=O)NC)[C@@H](C)O)cc1. The second-order valence-corrected chi connectivity index (χ2v) is 28.7. The normalized spacial score (nSPS) is 25.6. The van der Waals surface area contributed by atoms with Crippen LogP contribution in [0.2, 0.25) is 0 Å². The molecule has 3 saturated heterocycles. The number of ketones is 1. The van der Waals surface area contributed by atoms with Crippen LogP contribution in [0.5, 0.6) is 0 Å². The second-order valence-electron chi connectivity index (χ2n) is 27.7. The standard InChI is InChI=1S/C73H110N10O13S/c1-11-15-54(85)39-59(79(10)71(94)51-23-21-49(22-24-51)47(8)97-70(76-45(6)12-2)50-25-29-53(30-26-50)81-36-34-80(35-37-81)52-27-17-43(4)18-28-52)66(90)56(13-3)63(46(7)84)73(96)82-42-55(86)40-60(82)68(92)77-57(31-19-48-20-32-61(87)62(88)38-48)67(91)78-58(16-14-33-74)72(95)83-41-44(5)65(89)64(83)69(93)75-9/h20-26,29-30,32,38,43-46,52,54-65,84-89H,8,11-19,27-28,31,33-37,39-42,74H2,1-7,9-10H3,(H,75,93)(H,77,92)(H,78,91)/t43?,44?,45?,46-,52?,54+,55?,56?,57+,58+,59?,60+,61?,62+,63-,64+,65+/m1/s1. The van der Waals surface area contributed by atoms with Gasteiger partial charge in [0.05, 0.1) is 36.4 Å². The molecule has 23 nitrogen and oxygen atoms in total. The minimum absolute atomic E-state index is 0.00112. The van der Waals surface area contributed by atoms with Crippen molar-refractivity contribution < 1.29 is 64.2 Å². The molecule has 97 heavy (non-hydrogen) atoms. The summed E-state index contributed by atoms with van der Waals surface area (Å²) in [5.74, 6) is -7.47. The van der Waals surface area contributed by atoms with E-state index in [0.717, 1.165) is 59.6 Å². The van der Waals surface area contributed by atoms with Crippen molar-refractivity contribution in [3.63, 3.8) is 0 Å². The largest absolute Gasteiger partial charge is 0.393 e. The lowest BCUT2D eigenvalue weighted by atomic mass is 9.78. The number of aliphatic hydroxyl groups is 6. The Kier molecular flexibility index (Phi) is 29.5. The third-order valence-corrected chi connectivity index (χ3v) is 21.5. The summed E-state index contributed by atoms with van der Waals surface area (Å²) in [6.45, 7) is 21.4. The molecule has 3 aliphatic heterocycles. The van der Waals surface area contributed by atoms with Gasteiger partial charge in [-0.25, -0.2) is 0 Å². The quantitative estimate of drug-likeness (QED) is 0.0366. The number of Topliss-reactive ketones (excluding diaryl/α,β-unsaturated/α-hetero) is 1. The van der Waals surface area contributed by atoms with Gasteiger partial charge in [-0.3, -0.25) is 43.5 Å². The third kappa shape index (κ3) is 20.2. The van der Waals surface area contributed by atoms with Crippen LogP contribution in [0.15, 0.2) is 83.9 Å². The van der Waals surface area contributed by atoms with Crippen LogP contribution < -0.4 is 26.6 Å². The minimum atomic E-state index is -1.52. The molecule has 11 N–H and O–H groups in total. The molecule has 6 unspecified atom stereocenters. The first-order chi connectivity index (χ1) is 46.2. The first-order valence-corrected chi connectivity index (χ1v) is 36.1. The number of carbonyl (C=O) groups is 7. The molecule has 5 aliphatic rings. The van der Waals surface area contributed by atoms with E-state index in [1.54, 1.807) is 44.2 Å². The molecule has 4 fully saturated rings. The summed E-state index contributed by atoms with van der Waals surface area (Å²) >= 11 is 1.45. The molecule has 7 rings (SSSR count). The molecule has 15 atom stereocenters. The van der Waals surface area contributed by atoms with Gasteiger partial charge in [-0.05, 0) is 132 Å². The van der Waals surface area contributed by atoms with Crippen LogP contribution in [0.3, 0.4) is 0 Å². The predicted octanol–water partition coefficient (Wildman–Crippen LogP) is 4.54. The second kappa shape index (κ2) is 36.6. The Hall–Kier alpha value is -6.35. The Morgan fingerprint density at radius 2 is 1.42 bits per heavy atom. The Labute approximate surface area is 577 Å². The number of piperazine rings is 1. The maximum atomic E-state index is 15.3. The zero-order valence-corrected chi connectivity index (χ0v) is 59.2. The number of anilines is 1. The maximum Gasteiger partial charge on any atom is 0.254 e. The van der Waals surface area contributed by atoms with Crippen LogP contribution in [0.4, 0.5) is 5.69 Å². The van der Waals surface area contributed by atoms with Gasteiger partial charge < -0.3 is 71.9 Å². The lowest BCUT2D eigenvalue weighted by molar-refractivity contribution is -0.151. The number of nitrogens with zero attached hydrogens (tertiary/aromatic N) is 6. The molecule has 3 heterocycles.